The highest BCUT2D eigenvalue weighted by Crippen LogP contribution is 2.22. The molecule has 3 rings (SSSR count). The van der Waals surface area contributed by atoms with Crippen LogP contribution in [0.2, 0.25) is 0 Å². The Morgan fingerprint density at radius 3 is 2.50 bits per heavy atom. The third-order valence-electron chi connectivity index (χ3n) is 4.83. The summed E-state index contributed by atoms with van der Waals surface area (Å²) in [5, 5.41) is 0.529. The molecule has 0 fully saturated rings. The maximum Gasteiger partial charge on any atom is 0.261 e. The molecule has 2 aromatic carbocycles. The molecule has 0 atom stereocenters. The van der Waals surface area contributed by atoms with E-state index in [9.17, 15) is 9.59 Å². The number of ketones is 1. The minimum absolute atomic E-state index is 0.000547. The maximum absolute atomic E-state index is 12.8. The lowest BCUT2D eigenvalue weighted by Crippen LogP contribution is -2.25. The Labute approximate surface area is 140 Å². The quantitative estimate of drug-likeness (QED) is 0.694. The highest BCUT2D eigenvalue weighted by molar-refractivity contribution is 5.98. The minimum atomic E-state index is -0.188. The van der Waals surface area contributed by atoms with Gasteiger partial charge in [-0.2, -0.15) is 0 Å². The molecule has 0 unspecified atom stereocenters. The van der Waals surface area contributed by atoms with E-state index in [2.05, 4.69) is 11.9 Å². The average Bonchev–Trinajstić information content (AvgIpc) is 2.58. The van der Waals surface area contributed by atoms with Crippen molar-refractivity contribution < 1.29 is 4.79 Å². The van der Waals surface area contributed by atoms with Crippen LogP contribution in [0.15, 0.2) is 41.5 Å². The Bertz CT molecular complexity index is 1020. The lowest BCUT2D eigenvalue weighted by molar-refractivity contribution is 0.0970. The van der Waals surface area contributed by atoms with Crippen molar-refractivity contribution in [3.63, 3.8) is 0 Å². The molecule has 122 valence electrons. The third kappa shape index (κ3) is 2.64. The van der Waals surface area contributed by atoms with Gasteiger partial charge in [-0.3, -0.25) is 14.2 Å². The van der Waals surface area contributed by atoms with Crippen LogP contribution in [0, 0.1) is 27.7 Å². The van der Waals surface area contributed by atoms with Gasteiger partial charge in [-0.15, -0.1) is 0 Å². The number of Topliss-reactive ketones (excluding diaryl/α,β-unsaturated/α-hetero) is 1. The lowest BCUT2D eigenvalue weighted by atomic mass is 9.92. The van der Waals surface area contributed by atoms with E-state index in [-0.39, 0.29) is 17.9 Å². The largest absolute Gasteiger partial charge is 0.292 e. The van der Waals surface area contributed by atoms with Crippen molar-refractivity contribution in [3.05, 3.63) is 74.8 Å². The zero-order chi connectivity index (χ0) is 17.4. The second-order valence-electron chi connectivity index (χ2n) is 6.23. The minimum Gasteiger partial charge on any atom is -0.292 e. The second kappa shape index (κ2) is 6.04. The first-order chi connectivity index (χ1) is 11.4. The van der Waals surface area contributed by atoms with Crippen molar-refractivity contribution >= 4 is 16.7 Å². The molecule has 0 saturated heterocycles. The van der Waals surface area contributed by atoms with Gasteiger partial charge in [0, 0.05) is 5.56 Å². The van der Waals surface area contributed by atoms with Gasteiger partial charge in [-0.05, 0) is 68.1 Å². The van der Waals surface area contributed by atoms with Gasteiger partial charge >= 0.3 is 0 Å². The maximum atomic E-state index is 12.8. The van der Waals surface area contributed by atoms with Crippen molar-refractivity contribution in [3.8, 4) is 0 Å². The van der Waals surface area contributed by atoms with Crippen molar-refractivity contribution in [1.29, 1.82) is 0 Å². The summed E-state index contributed by atoms with van der Waals surface area (Å²) < 4.78 is 1.38. The summed E-state index contributed by atoms with van der Waals surface area (Å²) in [6.07, 6.45) is 1.45. The standard InChI is InChI=1S/C20H20N2O2/c1-12-9-17(15(4)14(3)13(12)2)19(23)10-22-11-21-18-8-6-5-7-16(18)20(22)24/h5-9,11H,10H2,1-4H3. The molecule has 4 nitrogen and oxygen atoms in total. The molecule has 0 radical (unpaired) electrons. The van der Waals surface area contributed by atoms with Crippen molar-refractivity contribution in [2.45, 2.75) is 34.2 Å². The number of benzene rings is 2. The van der Waals surface area contributed by atoms with E-state index in [4.69, 9.17) is 0 Å². The molecule has 1 heterocycles. The Hall–Kier alpha value is -2.75. The summed E-state index contributed by atoms with van der Waals surface area (Å²) in [6.45, 7) is 8.04. The van der Waals surface area contributed by atoms with E-state index >= 15 is 0 Å². The first-order valence-corrected chi connectivity index (χ1v) is 7.95. The van der Waals surface area contributed by atoms with E-state index < -0.39 is 0 Å². The van der Waals surface area contributed by atoms with Gasteiger partial charge < -0.3 is 0 Å². The highest BCUT2D eigenvalue weighted by atomic mass is 16.1. The van der Waals surface area contributed by atoms with E-state index in [1.165, 1.54) is 16.5 Å². The topological polar surface area (TPSA) is 52.0 Å². The number of rotatable bonds is 3. The molecule has 0 bridgehead atoms. The van der Waals surface area contributed by atoms with E-state index in [0.717, 1.165) is 16.7 Å². The van der Waals surface area contributed by atoms with Gasteiger partial charge in [0.25, 0.3) is 5.56 Å². The molecule has 0 N–H and O–H groups in total. The molecule has 0 aliphatic heterocycles. The van der Waals surface area contributed by atoms with E-state index in [1.54, 1.807) is 18.2 Å². The summed E-state index contributed by atoms with van der Waals surface area (Å²) in [7, 11) is 0. The monoisotopic (exact) mass is 320 g/mol. The van der Waals surface area contributed by atoms with Crippen LogP contribution in [-0.2, 0) is 6.54 Å². The molecular weight excluding hydrogens is 300 g/mol. The van der Waals surface area contributed by atoms with Gasteiger partial charge in [0.2, 0.25) is 0 Å². The summed E-state index contributed by atoms with van der Waals surface area (Å²) in [5.41, 5.74) is 5.53. The van der Waals surface area contributed by atoms with Crippen LogP contribution >= 0.6 is 0 Å². The number of aryl methyl sites for hydroxylation is 1. The summed E-state index contributed by atoms with van der Waals surface area (Å²) >= 11 is 0. The lowest BCUT2D eigenvalue weighted by Gasteiger charge is -2.14. The van der Waals surface area contributed by atoms with Crippen LogP contribution in [0.4, 0.5) is 0 Å². The van der Waals surface area contributed by atoms with Gasteiger partial charge in [-0.1, -0.05) is 12.1 Å². The smallest absolute Gasteiger partial charge is 0.261 e. The molecule has 4 heteroatoms. The Balaban J connectivity index is 2.02. The summed E-state index contributed by atoms with van der Waals surface area (Å²) in [4.78, 5) is 29.6. The zero-order valence-electron chi connectivity index (χ0n) is 14.4. The number of nitrogens with zero attached hydrogens (tertiary/aromatic N) is 2. The van der Waals surface area contributed by atoms with Gasteiger partial charge in [0.1, 0.15) is 0 Å². The Morgan fingerprint density at radius 2 is 1.75 bits per heavy atom. The number of para-hydroxylation sites is 1. The number of hydrogen-bond acceptors (Lipinski definition) is 3. The predicted molar refractivity (Wildman–Crippen MR) is 95.7 cm³/mol. The SMILES string of the molecule is Cc1cc(C(=O)Cn2cnc3ccccc3c2=O)c(C)c(C)c1C. The Kier molecular flexibility index (Phi) is 4.06. The molecule has 0 spiro atoms. The van der Waals surface area contributed by atoms with E-state index in [1.807, 2.05) is 32.9 Å². The first kappa shape index (κ1) is 16.1. The van der Waals surface area contributed by atoms with E-state index in [0.29, 0.717) is 16.5 Å². The van der Waals surface area contributed by atoms with Crippen molar-refractivity contribution in [2.75, 3.05) is 0 Å². The first-order valence-electron chi connectivity index (χ1n) is 7.95. The Morgan fingerprint density at radius 1 is 1.04 bits per heavy atom. The summed E-state index contributed by atoms with van der Waals surface area (Å²) in [6, 6.07) is 9.08. The van der Waals surface area contributed by atoms with Gasteiger partial charge in [0.15, 0.2) is 5.78 Å². The molecule has 0 aliphatic carbocycles. The highest BCUT2D eigenvalue weighted by Gasteiger charge is 2.15. The second-order valence-corrected chi connectivity index (χ2v) is 6.23. The zero-order valence-corrected chi connectivity index (χ0v) is 14.4. The van der Waals surface area contributed by atoms with Crippen LogP contribution < -0.4 is 5.56 Å². The normalized spacial score (nSPS) is 11.0. The van der Waals surface area contributed by atoms with Gasteiger partial charge in [-0.25, -0.2) is 4.98 Å². The molecule has 0 aliphatic rings. The van der Waals surface area contributed by atoms with Crippen LogP contribution in [-0.4, -0.2) is 15.3 Å². The van der Waals surface area contributed by atoms with Gasteiger partial charge in [0.05, 0.1) is 23.8 Å². The third-order valence-corrected chi connectivity index (χ3v) is 4.83. The van der Waals surface area contributed by atoms with Crippen LogP contribution in [0.5, 0.6) is 0 Å². The fourth-order valence-electron chi connectivity index (χ4n) is 2.96. The van der Waals surface area contributed by atoms with Crippen molar-refractivity contribution in [2.24, 2.45) is 0 Å². The van der Waals surface area contributed by atoms with Crippen molar-refractivity contribution in [1.82, 2.24) is 9.55 Å². The van der Waals surface area contributed by atoms with Crippen LogP contribution in [0.1, 0.15) is 32.6 Å². The number of fused-ring (bicyclic) bond motifs is 1. The number of carbonyl (C=O) groups is 1. The molecule has 3 aromatic rings. The molecule has 24 heavy (non-hydrogen) atoms. The van der Waals surface area contributed by atoms with Crippen LogP contribution in [0.3, 0.4) is 0 Å². The average molecular weight is 320 g/mol. The number of hydrogen-bond donors (Lipinski definition) is 0. The summed E-state index contributed by atoms with van der Waals surface area (Å²) in [5.74, 6) is -0.0714. The molecular formula is C20H20N2O2. The molecule has 0 saturated carbocycles. The fraction of sp³-hybridized carbons (Fsp3) is 0.250. The number of aromatic nitrogens is 2. The molecule has 0 amide bonds. The predicted octanol–water partition coefficient (Wildman–Crippen LogP) is 3.51. The molecule has 1 aromatic heterocycles. The fourth-order valence-corrected chi connectivity index (χ4v) is 2.96. The number of carbonyl (C=O) groups excluding carboxylic acids is 1. The van der Waals surface area contributed by atoms with Crippen LogP contribution in [0.25, 0.3) is 10.9 Å².